The third kappa shape index (κ3) is 2.46. The Balaban J connectivity index is 2.07. The van der Waals surface area contributed by atoms with Crippen LogP contribution in [0, 0.1) is 19.8 Å². The molecule has 0 bridgehead atoms. The van der Waals surface area contributed by atoms with Crippen LogP contribution in [0.1, 0.15) is 42.4 Å². The summed E-state index contributed by atoms with van der Waals surface area (Å²) in [5.41, 5.74) is 10.6. The van der Waals surface area contributed by atoms with Crippen molar-refractivity contribution in [3.8, 4) is 0 Å². The molecule has 0 spiro atoms. The predicted molar refractivity (Wildman–Crippen MR) is 69.6 cm³/mol. The van der Waals surface area contributed by atoms with Gasteiger partial charge in [0.05, 0.1) is 0 Å². The minimum absolute atomic E-state index is 0.363. The topological polar surface area (TPSA) is 26.0 Å². The first-order valence-electron chi connectivity index (χ1n) is 6.49. The van der Waals surface area contributed by atoms with Crippen LogP contribution in [-0.4, -0.2) is 6.04 Å². The molecule has 0 radical (unpaired) electrons. The molecule has 0 aliphatic heterocycles. The summed E-state index contributed by atoms with van der Waals surface area (Å²) in [5.74, 6) is 0.763. The molecule has 1 nitrogen and oxygen atoms in total. The molecule has 2 rings (SSSR count). The van der Waals surface area contributed by atoms with Crippen LogP contribution >= 0.6 is 0 Å². The molecule has 2 N–H and O–H groups in total. The minimum Gasteiger partial charge on any atom is -0.327 e. The lowest BCUT2D eigenvalue weighted by Crippen LogP contribution is -2.31. The SMILES string of the molecule is Cc1cccc(C)c1CC(N)C1CCCC1. The van der Waals surface area contributed by atoms with Crippen LogP contribution in [0.15, 0.2) is 18.2 Å². The monoisotopic (exact) mass is 217 g/mol. The number of aryl methyl sites for hydroxylation is 2. The first-order chi connectivity index (χ1) is 7.68. The Morgan fingerprint density at radius 2 is 1.75 bits per heavy atom. The van der Waals surface area contributed by atoms with E-state index in [-0.39, 0.29) is 0 Å². The molecule has 1 unspecified atom stereocenters. The summed E-state index contributed by atoms with van der Waals surface area (Å²) in [5, 5.41) is 0. The van der Waals surface area contributed by atoms with Crippen LogP contribution in [-0.2, 0) is 6.42 Å². The fourth-order valence-corrected chi connectivity index (χ4v) is 2.96. The third-order valence-electron chi connectivity index (χ3n) is 4.09. The molecule has 1 aliphatic rings. The van der Waals surface area contributed by atoms with E-state index in [0.717, 1.165) is 12.3 Å². The maximum Gasteiger partial charge on any atom is 0.0108 e. The summed E-state index contributed by atoms with van der Waals surface area (Å²) in [6.45, 7) is 4.40. The van der Waals surface area contributed by atoms with Crippen LogP contribution in [0.3, 0.4) is 0 Å². The van der Waals surface area contributed by atoms with Gasteiger partial charge in [0.2, 0.25) is 0 Å². The molecule has 0 aromatic heterocycles. The van der Waals surface area contributed by atoms with Gasteiger partial charge in [-0.25, -0.2) is 0 Å². The normalized spacial score (nSPS) is 18.9. The average Bonchev–Trinajstić information content (AvgIpc) is 2.76. The summed E-state index contributed by atoms with van der Waals surface area (Å²) in [4.78, 5) is 0. The van der Waals surface area contributed by atoms with Gasteiger partial charge in [0.25, 0.3) is 0 Å². The smallest absolute Gasteiger partial charge is 0.0108 e. The average molecular weight is 217 g/mol. The Morgan fingerprint density at radius 1 is 1.19 bits per heavy atom. The van der Waals surface area contributed by atoms with Gasteiger partial charge < -0.3 is 5.73 Å². The van der Waals surface area contributed by atoms with E-state index in [2.05, 4.69) is 32.0 Å². The van der Waals surface area contributed by atoms with Crippen LogP contribution in [0.5, 0.6) is 0 Å². The highest BCUT2D eigenvalue weighted by Gasteiger charge is 2.22. The van der Waals surface area contributed by atoms with Crippen LogP contribution in [0.4, 0.5) is 0 Å². The predicted octanol–water partition coefficient (Wildman–Crippen LogP) is 3.36. The van der Waals surface area contributed by atoms with E-state index in [0.29, 0.717) is 6.04 Å². The Kier molecular flexibility index (Phi) is 3.65. The Hall–Kier alpha value is -0.820. The molecular formula is C15H23N. The van der Waals surface area contributed by atoms with E-state index >= 15 is 0 Å². The van der Waals surface area contributed by atoms with Crippen LogP contribution in [0.25, 0.3) is 0 Å². The van der Waals surface area contributed by atoms with E-state index in [1.165, 1.54) is 42.4 Å². The van der Waals surface area contributed by atoms with Crippen molar-refractivity contribution in [2.45, 2.75) is 52.0 Å². The second kappa shape index (κ2) is 5.01. The van der Waals surface area contributed by atoms with Crippen molar-refractivity contribution in [3.63, 3.8) is 0 Å². The molecule has 1 aromatic rings. The lowest BCUT2D eigenvalue weighted by molar-refractivity contribution is 0.428. The Bertz CT molecular complexity index is 330. The van der Waals surface area contributed by atoms with Gasteiger partial charge in [-0.2, -0.15) is 0 Å². The molecule has 1 saturated carbocycles. The first-order valence-corrected chi connectivity index (χ1v) is 6.49. The maximum absolute atomic E-state index is 6.35. The zero-order chi connectivity index (χ0) is 11.5. The van der Waals surface area contributed by atoms with E-state index in [1.807, 2.05) is 0 Å². The van der Waals surface area contributed by atoms with E-state index in [9.17, 15) is 0 Å². The third-order valence-corrected chi connectivity index (χ3v) is 4.09. The summed E-state index contributed by atoms with van der Waals surface area (Å²) in [6, 6.07) is 6.89. The van der Waals surface area contributed by atoms with Crippen molar-refractivity contribution in [1.29, 1.82) is 0 Å². The van der Waals surface area contributed by atoms with Gasteiger partial charge in [-0.1, -0.05) is 31.0 Å². The zero-order valence-corrected chi connectivity index (χ0v) is 10.5. The van der Waals surface area contributed by atoms with Crippen molar-refractivity contribution >= 4 is 0 Å². The number of hydrogen-bond donors (Lipinski definition) is 1. The molecule has 0 amide bonds. The van der Waals surface area contributed by atoms with Crippen molar-refractivity contribution in [3.05, 3.63) is 34.9 Å². The lowest BCUT2D eigenvalue weighted by atomic mass is 9.89. The quantitative estimate of drug-likeness (QED) is 0.825. The molecule has 0 saturated heterocycles. The molecule has 88 valence electrons. The molecule has 1 aliphatic carbocycles. The number of rotatable bonds is 3. The molecule has 1 aromatic carbocycles. The second-order valence-corrected chi connectivity index (χ2v) is 5.28. The van der Waals surface area contributed by atoms with Gasteiger partial charge in [0, 0.05) is 6.04 Å². The number of benzene rings is 1. The van der Waals surface area contributed by atoms with Gasteiger partial charge >= 0.3 is 0 Å². The van der Waals surface area contributed by atoms with Crippen LogP contribution < -0.4 is 5.73 Å². The molecular weight excluding hydrogens is 194 g/mol. The van der Waals surface area contributed by atoms with Gasteiger partial charge in [0.1, 0.15) is 0 Å². The second-order valence-electron chi connectivity index (χ2n) is 5.28. The first kappa shape index (κ1) is 11.7. The molecule has 1 atom stereocenters. The fraction of sp³-hybridized carbons (Fsp3) is 0.600. The highest BCUT2D eigenvalue weighted by atomic mass is 14.7. The lowest BCUT2D eigenvalue weighted by Gasteiger charge is -2.21. The Labute approximate surface area is 99.0 Å². The van der Waals surface area contributed by atoms with Crippen molar-refractivity contribution < 1.29 is 0 Å². The maximum atomic E-state index is 6.35. The summed E-state index contributed by atoms with van der Waals surface area (Å²) < 4.78 is 0. The summed E-state index contributed by atoms with van der Waals surface area (Å²) in [7, 11) is 0. The van der Waals surface area contributed by atoms with Gasteiger partial charge in [-0.15, -0.1) is 0 Å². The highest BCUT2D eigenvalue weighted by molar-refractivity contribution is 5.34. The van der Waals surface area contributed by atoms with Crippen molar-refractivity contribution in [1.82, 2.24) is 0 Å². The van der Waals surface area contributed by atoms with E-state index < -0.39 is 0 Å². The van der Waals surface area contributed by atoms with Crippen LogP contribution in [0.2, 0.25) is 0 Å². The van der Waals surface area contributed by atoms with Crippen molar-refractivity contribution in [2.24, 2.45) is 11.7 Å². The summed E-state index contributed by atoms with van der Waals surface area (Å²) >= 11 is 0. The largest absolute Gasteiger partial charge is 0.327 e. The minimum atomic E-state index is 0.363. The Morgan fingerprint density at radius 3 is 2.31 bits per heavy atom. The van der Waals surface area contributed by atoms with Gasteiger partial charge in [-0.3, -0.25) is 0 Å². The van der Waals surface area contributed by atoms with Gasteiger partial charge in [-0.05, 0) is 55.7 Å². The zero-order valence-electron chi connectivity index (χ0n) is 10.5. The fourth-order valence-electron chi connectivity index (χ4n) is 2.96. The number of hydrogen-bond acceptors (Lipinski definition) is 1. The standard InChI is InChI=1S/C15H23N/c1-11-6-5-7-12(2)14(11)10-15(16)13-8-3-4-9-13/h5-7,13,15H,3-4,8-10,16H2,1-2H3. The molecule has 16 heavy (non-hydrogen) atoms. The van der Waals surface area contributed by atoms with E-state index in [1.54, 1.807) is 0 Å². The molecule has 1 fully saturated rings. The van der Waals surface area contributed by atoms with Gasteiger partial charge in [0.15, 0.2) is 0 Å². The molecule has 1 heteroatoms. The summed E-state index contributed by atoms with van der Waals surface area (Å²) in [6.07, 6.45) is 6.50. The molecule has 0 heterocycles. The van der Waals surface area contributed by atoms with Crippen molar-refractivity contribution in [2.75, 3.05) is 0 Å². The number of nitrogens with two attached hydrogens (primary N) is 1. The van der Waals surface area contributed by atoms with E-state index in [4.69, 9.17) is 5.73 Å². The highest BCUT2D eigenvalue weighted by Crippen LogP contribution is 2.29.